The topological polar surface area (TPSA) is 24.7 Å². The molecule has 0 aliphatic heterocycles. The standard InChI is InChI=1S/C22H28N2/c1-15(2)19-12-13-20(22(17(5)6)21(19)16(3)4)24-14-23-18-10-8-7-9-11-18/h7-13,15-17H,1-6H3. The maximum absolute atomic E-state index is 4.55. The molecule has 0 saturated heterocycles. The Bertz CT molecular complexity index is 734. The number of nitrogens with zero attached hydrogens (tertiary/aromatic N) is 2. The van der Waals surface area contributed by atoms with Crippen molar-refractivity contribution < 1.29 is 0 Å². The smallest absolute Gasteiger partial charge is 0.100 e. The van der Waals surface area contributed by atoms with Crippen LogP contribution in [0.1, 0.15) is 76.0 Å². The molecular weight excluding hydrogens is 292 g/mol. The first-order valence-corrected chi connectivity index (χ1v) is 8.80. The molecule has 0 saturated carbocycles. The van der Waals surface area contributed by atoms with E-state index < -0.39 is 0 Å². The number of rotatable bonds is 5. The largest absolute Gasteiger partial charge is 0.188 e. The minimum Gasteiger partial charge on any atom is -0.188 e. The average Bonchev–Trinajstić information content (AvgIpc) is 2.54. The van der Waals surface area contributed by atoms with Gasteiger partial charge in [-0.25, -0.2) is 0 Å². The molecule has 0 heterocycles. The summed E-state index contributed by atoms with van der Waals surface area (Å²) >= 11 is 0. The summed E-state index contributed by atoms with van der Waals surface area (Å²) in [7, 11) is 0. The molecule has 2 aromatic rings. The lowest BCUT2D eigenvalue weighted by molar-refractivity contribution is 0.749. The zero-order chi connectivity index (χ0) is 17.7. The van der Waals surface area contributed by atoms with Gasteiger partial charge in [-0.05, 0) is 52.6 Å². The number of hydrogen-bond donors (Lipinski definition) is 0. The Morgan fingerprint density at radius 3 is 1.83 bits per heavy atom. The summed E-state index contributed by atoms with van der Waals surface area (Å²) in [5.74, 6) is 1.40. The van der Waals surface area contributed by atoms with Gasteiger partial charge in [0.2, 0.25) is 0 Å². The van der Waals surface area contributed by atoms with E-state index in [1.165, 1.54) is 16.7 Å². The van der Waals surface area contributed by atoms with Crippen molar-refractivity contribution >= 4 is 17.4 Å². The van der Waals surface area contributed by atoms with Gasteiger partial charge in [0.15, 0.2) is 0 Å². The van der Waals surface area contributed by atoms with E-state index in [0.29, 0.717) is 17.8 Å². The maximum Gasteiger partial charge on any atom is 0.100 e. The van der Waals surface area contributed by atoms with Gasteiger partial charge in [-0.15, -0.1) is 0 Å². The second-order valence-corrected chi connectivity index (χ2v) is 7.12. The van der Waals surface area contributed by atoms with Crippen molar-refractivity contribution in [2.45, 2.75) is 59.3 Å². The zero-order valence-corrected chi connectivity index (χ0v) is 15.7. The quantitative estimate of drug-likeness (QED) is 0.521. The van der Waals surface area contributed by atoms with Gasteiger partial charge in [-0.3, -0.25) is 0 Å². The van der Waals surface area contributed by atoms with Crippen LogP contribution in [-0.4, -0.2) is 6.01 Å². The van der Waals surface area contributed by atoms with Crippen LogP contribution in [0.3, 0.4) is 0 Å². The number of para-hydroxylation sites is 1. The first-order valence-electron chi connectivity index (χ1n) is 8.80. The van der Waals surface area contributed by atoms with E-state index in [2.05, 4.69) is 69.7 Å². The molecule has 0 unspecified atom stereocenters. The van der Waals surface area contributed by atoms with Crippen LogP contribution in [0, 0.1) is 0 Å². The molecule has 0 aliphatic carbocycles. The molecule has 24 heavy (non-hydrogen) atoms. The second-order valence-electron chi connectivity index (χ2n) is 7.12. The van der Waals surface area contributed by atoms with Crippen LogP contribution >= 0.6 is 0 Å². The van der Waals surface area contributed by atoms with E-state index in [0.717, 1.165) is 11.4 Å². The third-order valence-electron chi connectivity index (χ3n) is 4.18. The summed E-state index contributed by atoms with van der Waals surface area (Å²) in [6, 6.07) is 17.0. The van der Waals surface area contributed by atoms with E-state index >= 15 is 0 Å². The second kappa shape index (κ2) is 8.08. The van der Waals surface area contributed by atoms with Crippen molar-refractivity contribution in [1.29, 1.82) is 0 Å². The molecule has 2 heteroatoms. The molecule has 2 nitrogen and oxygen atoms in total. The van der Waals surface area contributed by atoms with Gasteiger partial charge >= 0.3 is 0 Å². The average molecular weight is 320 g/mol. The van der Waals surface area contributed by atoms with E-state index in [4.69, 9.17) is 0 Å². The minimum absolute atomic E-state index is 0.415. The zero-order valence-electron chi connectivity index (χ0n) is 15.7. The van der Waals surface area contributed by atoms with Gasteiger partial charge in [0.05, 0.1) is 11.4 Å². The summed E-state index contributed by atoms with van der Waals surface area (Å²) in [5.41, 5.74) is 6.04. The first kappa shape index (κ1) is 18.2. The Kier molecular flexibility index (Phi) is 6.11. The summed E-state index contributed by atoms with van der Waals surface area (Å²) in [5, 5.41) is 0. The van der Waals surface area contributed by atoms with Crippen molar-refractivity contribution in [1.82, 2.24) is 0 Å². The molecule has 0 aromatic heterocycles. The fraction of sp³-hybridized carbons (Fsp3) is 0.409. The monoisotopic (exact) mass is 320 g/mol. The molecule has 0 amide bonds. The molecule has 126 valence electrons. The minimum atomic E-state index is 0.415. The number of benzene rings is 2. The number of hydrogen-bond acceptors (Lipinski definition) is 2. The van der Waals surface area contributed by atoms with Crippen LogP contribution in [0.5, 0.6) is 0 Å². The predicted octanol–water partition coefficient (Wildman–Crippen LogP) is 7.19. The van der Waals surface area contributed by atoms with Crippen molar-refractivity contribution in [3.05, 3.63) is 59.2 Å². The summed E-state index contributed by atoms with van der Waals surface area (Å²) in [6.07, 6.45) is 0. The molecule has 0 radical (unpaired) electrons. The normalized spacial score (nSPS) is 11.0. The van der Waals surface area contributed by atoms with Gasteiger partial charge in [0.1, 0.15) is 6.01 Å². The third-order valence-corrected chi connectivity index (χ3v) is 4.18. The Morgan fingerprint density at radius 1 is 0.667 bits per heavy atom. The Morgan fingerprint density at radius 2 is 1.29 bits per heavy atom. The number of aliphatic imine (C=N–C) groups is 2. The molecule has 0 fully saturated rings. The fourth-order valence-electron chi connectivity index (χ4n) is 3.13. The molecular formula is C22H28N2. The van der Waals surface area contributed by atoms with Gasteiger partial charge in [-0.1, -0.05) is 65.8 Å². The third kappa shape index (κ3) is 4.21. The van der Waals surface area contributed by atoms with Gasteiger partial charge in [-0.2, -0.15) is 9.98 Å². The van der Waals surface area contributed by atoms with E-state index in [-0.39, 0.29) is 0 Å². The maximum atomic E-state index is 4.55. The molecule has 0 aliphatic rings. The van der Waals surface area contributed by atoms with Crippen LogP contribution < -0.4 is 0 Å². The lowest BCUT2D eigenvalue weighted by Gasteiger charge is -2.23. The molecule has 0 atom stereocenters. The van der Waals surface area contributed by atoms with Crippen molar-refractivity contribution in [2.24, 2.45) is 9.98 Å². The summed E-state index contributed by atoms with van der Waals surface area (Å²) in [6.45, 7) is 13.5. The van der Waals surface area contributed by atoms with Gasteiger partial charge in [0.25, 0.3) is 0 Å². The lowest BCUT2D eigenvalue weighted by atomic mass is 9.82. The Labute approximate surface area is 146 Å². The van der Waals surface area contributed by atoms with Crippen LogP contribution in [0.15, 0.2) is 52.4 Å². The van der Waals surface area contributed by atoms with Crippen LogP contribution in [0.2, 0.25) is 0 Å². The van der Waals surface area contributed by atoms with Gasteiger partial charge < -0.3 is 0 Å². The van der Waals surface area contributed by atoms with Crippen molar-refractivity contribution in [3.63, 3.8) is 0 Å². The first-order chi connectivity index (χ1) is 11.4. The lowest BCUT2D eigenvalue weighted by Crippen LogP contribution is -2.05. The van der Waals surface area contributed by atoms with Crippen LogP contribution in [0.25, 0.3) is 0 Å². The van der Waals surface area contributed by atoms with Crippen LogP contribution in [0.4, 0.5) is 11.4 Å². The van der Waals surface area contributed by atoms with Crippen LogP contribution in [-0.2, 0) is 0 Å². The SMILES string of the molecule is CC(C)c1ccc(N=C=Nc2ccccc2)c(C(C)C)c1C(C)C. The van der Waals surface area contributed by atoms with Crippen molar-refractivity contribution in [3.8, 4) is 0 Å². The highest BCUT2D eigenvalue weighted by molar-refractivity contribution is 5.63. The summed E-state index contributed by atoms with van der Waals surface area (Å²) < 4.78 is 0. The van der Waals surface area contributed by atoms with E-state index in [9.17, 15) is 0 Å². The van der Waals surface area contributed by atoms with Gasteiger partial charge in [0, 0.05) is 0 Å². The van der Waals surface area contributed by atoms with E-state index in [1.807, 2.05) is 30.3 Å². The highest BCUT2D eigenvalue weighted by Crippen LogP contribution is 2.39. The Balaban J connectivity index is 2.54. The predicted molar refractivity (Wildman–Crippen MR) is 104 cm³/mol. The Hall–Kier alpha value is -2.18. The molecule has 0 N–H and O–H groups in total. The molecule has 2 rings (SSSR count). The molecule has 2 aromatic carbocycles. The summed E-state index contributed by atoms with van der Waals surface area (Å²) in [4.78, 5) is 8.87. The highest BCUT2D eigenvalue weighted by Gasteiger charge is 2.19. The highest BCUT2D eigenvalue weighted by atomic mass is 14.8. The van der Waals surface area contributed by atoms with E-state index in [1.54, 1.807) is 0 Å². The molecule has 0 spiro atoms. The fourth-order valence-corrected chi connectivity index (χ4v) is 3.13. The van der Waals surface area contributed by atoms with Crippen molar-refractivity contribution in [2.75, 3.05) is 0 Å². The molecule has 0 bridgehead atoms.